The van der Waals surface area contributed by atoms with Crippen molar-refractivity contribution in [3.8, 4) is 0 Å². The number of hydrogen-bond donors (Lipinski definition) is 2. The third kappa shape index (κ3) is 3.78. The van der Waals surface area contributed by atoms with Crippen LogP contribution in [0.1, 0.15) is 19.4 Å². The predicted octanol–water partition coefficient (Wildman–Crippen LogP) is 3.51. The lowest BCUT2D eigenvalue weighted by molar-refractivity contribution is -0.137. The Bertz CT molecular complexity index is 402. The summed E-state index contributed by atoms with van der Waals surface area (Å²) in [6.07, 6.45) is -4.46. The van der Waals surface area contributed by atoms with Gasteiger partial charge in [0.25, 0.3) is 0 Å². The third-order valence-electron chi connectivity index (χ3n) is 2.26. The first-order valence-electron chi connectivity index (χ1n) is 5.01. The van der Waals surface area contributed by atoms with Crippen molar-refractivity contribution >= 4 is 17.3 Å². The Balaban J connectivity index is 3.06. The highest BCUT2D eigenvalue weighted by Gasteiger charge is 2.33. The second-order valence-electron chi connectivity index (χ2n) is 4.41. The Morgan fingerprint density at radius 2 is 1.88 bits per heavy atom. The number of rotatable bonds is 3. The SMILES string of the molecule is CC(C)(CN)Nc1ccc(Cl)c(C(F)(F)F)c1. The van der Waals surface area contributed by atoms with E-state index in [1.165, 1.54) is 12.1 Å². The summed E-state index contributed by atoms with van der Waals surface area (Å²) >= 11 is 5.51. The second kappa shape index (κ2) is 4.74. The summed E-state index contributed by atoms with van der Waals surface area (Å²) in [5, 5.41) is 2.61. The first-order chi connectivity index (χ1) is 7.65. The molecule has 1 aromatic carbocycles. The van der Waals surface area contributed by atoms with Crippen LogP contribution < -0.4 is 11.1 Å². The van der Waals surface area contributed by atoms with Gasteiger partial charge in [-0.05, 0) is 32.0 Å². The Morgan fingerprint density at radius 1 is 1.29 bits per heavy atom. The Labute approximate surface area is 103 Å². The van der Waals surface area contributed by atoms with Crippen LogP contribution in [0.4, 0.5) is 18.9 Å². The van der Waals surface area contributed by atoms with Gasteiger partial charge >= 0.3 is 6.18 Å². The molecule has 0 fully saturated rings. The largest absolute Gasteiger partial charge is 0.417 e. The molecule has 6 heteroatoms. The zero-order chi connectivity index (χ0) is 13.3. The normalized spacial score (nSPS) is 12.6. The molecule has 0 spiro atoms. The summed E-state index contributed by atoms with van der Waals surface area (Å²) in [5.74, 6) is 0. The van der Waals surface area contributed by atoms with E-state index in [-0.39, 0.29) is 5.02 Å². The van der Waals surface area contributed by atoms with Gasteiger partial charge in [0.05, 0.1) is 10.6 Å². The van der Waals surface area contributed by atoms with Gasteiger partial charge in [-0.25, -0.2) is 0 Å². The minimum Gasteiger partial charge on any atom is -0.379 e. The fourth-order valence-corrected chi connectivity index (χ4v) is 1.49. The highest BCUT2D eigenvalue weighted by molar-refractivity contribution is 6.31. The van der Waals surface area contributed by atoms with Crippen molar-refractivity contribution in [3.05, 3.63) is 28.8 Å². The van der Waals surface area contributed by atoms with Crippen molar-refractivity contribution in [1.29, 1.82) is 0 Å². The highest BCUT2D eigenvalue weighted by atomic mass is 35.5. The Hall–Kier alpha value is -0.940. The van der Waals surface area contributed by atoms with Crippen molar-refractivity contribution in [2.75, 3.05) is 11.9 Å². The van der Waals surface area contributed by atoms with Crippen molar-refractivity contribution in [1.82, 2.24) is 0 Å². The molecule has 0 heterocycles. The molecule has 0 aliphatic carbocycles. The van der Waals surface area contributed by atoms with E-state index >= 15 is 0 Å². The number of anilines is 1. The fraction of sp³-hybridized carbons (Fsp3) is 0.455. The lowest BCUT2D eigenvalue weighted by atomic mass is 10.1. The maximum atomic E-state index is 12.6. The molecule has 0 saturated heterocycles. The molecule has 0 unspecified atom stereocenters. The van der Waals surface area contributed by atoms with Crippen molar-refractivity contribution in [2.45, 2.75) is 25.6 Å². The van der Waals surface area contributed by atoms with E-state index in [1.807, 2.05) is 0 Å². The van der Waals surface area contributed by atoms with Crippen LogP contribution in [0.25, 0.3) is 0 Å². The minimum absolute atomic E-state index is 0.303. The lowest BCUT2D eigenvalue weighted by Gasteiger charge is -2.26. The smallest absolute Gasteiger partial charge is 0.379 e. The van der Waals surface area contributed by atoms with Crippen LogP contribution in [0.2, 0.25) is 5.02 Å². The summed E-state index contributed by atoms with van der Waals surface area (Å²) < 4.78 is 37.8. The molecule has 0 atom stereocenters. The van der Waals surface area contributed by atoms with E-state index in [2.05, 4.69) is 5.32 Å². The van der Waals surface area contributed by atoms with Crippen molar-refractivity contribution in [2.24, 2.45) is 5.73 Å². The van der Waals surface area contributed by atoms with Gasteiger partial charge in [0.2, 0.25) is 0 Å². The van der Waals surface area contributed by atoms with E-state index < -0.39 is 17.3 Å². The van der Waals surface area contributed by atoms with Crippen LogP contribution in [0, 0.1) is 0 Å². The molecule has 0 amide bonds. The van der Waals surface area contributed by atoms with Crippen LogP contribution in [0.15, 0.2) is 18.2 Å². The molecular formula is C11H14ClF3N2. The molecule has 1 rings (SSSR count). The van der Waals surface area contributed by atoms with Crippen LogP contribution in [0.5, 0.6) is 0 Å². The molecular weight excluding hydrogens is 253 g/mol. The standard InChI is InChI=1S/C11H14ClF3N2/c1-10(2,6-16)17-7-3-4-9(12)8(5-7)11(13,14)15/h3-5,17H,6,16H2,1-2H3. The van der Waals surface area contributed by atoms with Gasteiger partial charge in [0, 0.05) is 17.8 Å². The summed E-state index contributed by atoms with van der Waals surface area (Å²) in [6.45, 7) is 3.90. The number of hydrogen-bond acceptors (Lipinski definition) is 2. The maximum absolute atomic E-state index is 12.6. The zero-order valence-electron chi connectivity index (χ0n) is 9.53. The fourth-order valence-electron chi connectivity index (χ4n) is 1.26. The van der Waals surface area contributed by atoms with Gasteiger partial charge in [-0.2, -0.15) is 13.2 Å². The summed E-state index contributed by atoms with van der Waals surface area (Å²) in [4.78, 5) is 0. The molecule has 0 aliphatic heterocycles. The Morgan fingerprint density at radius 3 is 2.35 bits per heavy atom. The monoisotopic (exact) mass is 266 g/mol. The number of nitrogens with two attached hydrogens (primary N) is 1. The van der Waals surface area contributed by atoms with Gasteiger partial charge in [0.1, 0.15) is 0 Å². The first-order valence-corrected chi connectivity index (χ1v) is 5.38. The summed E-state index contributed by atoms with van der Waals surface area (Å²) in [6, 6.07) is 3.70. The summed E-state index contributed by atoms with van der Waals surface area (Å²) in [5.41, 5.74) is 4.52. The van der Waals surface area contributed by atoms with Crippen LogP contribution in [-0.2, 0) is 6.18 Å². The van der Waals surface area contributed by atoms with E-state index in [4.69, 9.17) is 17.3 Å². The Kier molecular flexibility index (Phi) is 3.94. The molecule has 96 valence electrons. The third-order valence-corrected chi connectivity index (χ3v) is 2.59. The van der Waals surface area contributed by atoms with Crippen LogP contribution in [-0.4, -0.2) is 12.1 Å². The number of halogens is 4. The van der Waals surface area contributed by atoms with Gasteiger partial charge in [-0.3, -0.25) is 0 Å². The van der Waals surface area contributed by atoms with Crippen LogP contribution in [0.3, 0.4) is 0 Å². The van der Waals surface area contributed by atoms with Gasteiger partial charge in [-0.1, -0.05) is 11.6 Å². The maximum Gasteiger partial charge on any atom is 0.417 e. The van der Waals surface area contributed by atoms with Gasteiger partial charge in [0.15, 0.2) is 0 Å². The number of benzene rings is 1. The average molecular weight is 267 g/mol. The summed E-state index contributed by atoms with van der Waals surface area (Å²) in [7, 11) is 0. The molecule has 0 radical (unpaired) electrons. The quantitative estimate of drug-likeness (QED) is 0.879. The average Bonchev–Trinajstić information content (AvgIpc) is 2.19. The molecule has 3 N–H and O–H groups in total. The number of nitrogens with one attached hydrogen (secondary N) is 1. The molecule has 0 aliphatic rings. The highest BCUT2D eigenvalue weighted by Crippen LogP contribution is 2.36. The minimum atomic E-state index is -4.46. The molecule has 2 nitrogen and oxygen atoms in total. The molecule has 0 aromatic heterocycles. The second-order valence-corrected chi connectivity index (χ2v) is 4.81. The lowest BCUT2D eigenvalue weighted by Crippen LogP contribution is -2.39. The van der Waals surface area contributed by atoms with Crippen molar-refractivity contribution < 1.29 is 13.2 Å². The molecule has 17 heavy (non-hydrogen) atoms. The van der Waals surface area contributed by atoms with E-state index in [0.717, 1.165) is 6.07 Å². The first kappa shape index (κ1) is 14.1. The van der Waals surface area contributed by atoms with Crippen LogP contribution >= 0.6 is 11.6 Å². The molecule has 0 bridgehead atoms. The predicted molar refractivity (Wildman–Crippen MR) is 63.2 cm³/mol. The molecule has 0 saturated carbocycles. The van der Waals surface area contributed by atoms with E-state index in [9.17, 15) is 13.2 Å². The van der Waals surface area contributed by atoms with E-state index in [1.54, 1.807) is 13.8 Å². The van der Waals surface area contributed by atoms with E-state index in [0.29, 0.717) is 12.2 Å². The van der Waals surface area contributed by atoms with Gasteiger partial charge in [-0.15, -0.1) is 0 Å². The molecule has 1 aromatic rings. The van der Waals surface area contributed by atoms with Gasteiger partial charge < -0.3 is 11.1 Å². The topological polar surface area (TPSA) is 38.0 Å². The number of alkyl halides is 3. The zero-order valence-corrected chi connectivity index (χ0v) is 10.3. The van der Waals surface area contributed by atoms with Crippen molar-refractivity contribution in [3.63, 3.8) is 0 Å².